The first kappa shape index (κ1) is 16.9. The number of carbonyl (C=O) groups excluding carboxylic acids is 1. The maximum atomic E-state index is 11.8. The molecule has 102 valence electrons. The minimum Gasteiger partial charge on any atom is -0.380 e. The average molecular weight is 273 g/mol. The molecule has 1 amide bonds. The lowest BCUT2D eigenvalue weighted by atomic mass is 10.1. The summed E-state index contributed by atoms with van der Waals surface area (Å²) in [6.07, 6.45) is 0.954. The van der Waals surface area contributed by atoms with Gasteiger partial charge in [-0.05, 0) is 18.1 Å². The molecule has 1 rings (SSSR count). The molecule has 0 radical (unpaired) electrons. The number of nitrogens with one attached hydrogen (secondary N) is 1. The smallest absolute Gasteiger partial charge is 0.227 e. The van der Waals surface area contributed by atoms with Crippen LogP contribution in [0.5, 0.6) is 0 Å². The molecule has 0 spiro atoms. The van der Waals surface area contributed by atoms with Crippen LogP contribution in [0.4, 0.5) is 5.69 Å². The van der Waals surface area contributed by atoms with Crippen molar-refractivity contribution in [2.45, 2.75) is 25.9 Å². The molecule has 0 aliphatic carbocycles. The van der Waals surface area contributed by atoms with Crippen LogP contribution in [0.2, 0.25) is 0 Å². The second-order valence-corrected chi connectivity index (χ2v) is 3.86. The summed E-state index contributed by atoms with van der Waals surface area (Å²) in [5, 5.41) is 2.89. The Morgan fingerprint density at radius 3 is 2.67 bits per heavy atom. The van der Waals surface area contributed by atoms with E-state index in [4.69, 9.17) is 10.5 Å². The van der Waals surface area contributed by atoms with Crippen LogP contribution in [0.3, 0.4) is 0 Å². The Morgan fingerprint density at radius 1 is 1.44 bits per heavy atom. The first-order chi connectivity index (χ1) is 8.21. The largest absolute Gasteiger partial charge is 0.380 e. The summed E-state index contributed by atoms with van der Waals surface area (Å²) in [5.74, 6) is -0.0665. The van der Waals surface area contributed by atoms with Crippen molar-refractivity contribution in [3.63, 3.8) is 0 Å². The van der Waals surface area contributed by atoms with Crippen molar-refractivity contribution in [3.05, 3.63) is 29.8 Å². The van der Waals surface area contributed by atoms with Crippen LogP contribution >= 0.6 is 12.4 Å². The van der Waals surface area contributed by atoms with Crippen LogP contribution in [0.15, 0.2) is 24.3 Å². The molecule has 0 saturated carbocycles. The predicted octanol–water partition coefficient (Wildman–Crippen LogP) is 1.97. The van der Waals surface area contributed by atoms with Gasteiger partial charge in [0.05, 0.1) is 12.5 Å². The van der Waals surface area contributed by atoms with E-state index in [0.717, 1.165) is 17.7 Å². The van der Waals surface area contributed by atoms with Crippen LogP contribution in [0.25, 0.3) is 0 Å². The van der Waals surface area contributed by atoms with Gasteiger partial charge in [-0.3, -0.25) is 4.79 Å². The molecule has 3 N–H and O–H groups in total. The fourth-order valence-corrected chi connectivity index (χ4v) is 1.62. The molecule has 5 heteroatoms. The standard InChI is InChI=1S/C13H20N2O2.ClH/c1-3-10-6-4-5-7-12(10)15-13(16)8-11(9-14)17-2;/h4-7,11H,3,8-9,14H2,1-2H3,(H,15,16);1H. The number of rotatable bonds is 6. The van der Waals surface area contributed by atoms with E-state index in [1.807, 2.05) is 24.3 Å². The number of methoxy groups -OCH3 is 1. The first-order valence-electron chi connectivity index (χ1n) is 5.81. The monoisotopic (exact) mass is 272 g/mol. The van der Waals surface area contributed by atoms with E-state index in [9.17, 15) is 4.79 Å². The number of nitrogens with two attached hydrogens (primary N) is 1. The van der Waals surface area contributed by atoms with Gasteiger partial charge in [0.1, 0.15) is 0 Å². The number of anilines is 1. The van der Waals surface area contributed by atoms with Crippen molar-refractivity contribution < 1.29 is 9.53 Å². The summed E-state index contributed by atoms with van der Waals surface area (Å²) < 4.78 is 5.08. The van der Waals surface area contributed by atoms with E-state index in [0.29, 0.717) is 6.54 Å². The van der Waals surface area contributed by atoms with Gasteiger partial charge < -0.3 is 15.8 Å². The maximum absolute atomic E-state index is 11.8. The molecule has 0 bridgehead atoms. The summed E-state index contributed by atoms with van der Waals surface area (Å²) in [5.41, 5.74) is 7.47. The highest BCUT2D eigenvalue weighted by molar-refractivity contribution is 5.91. The maximum Gasteiger partial charge on any atom is 0.227 e. The topological polar surface area (TPSA) is 64.4 Å². The number of halogens is 1. The molecule has 0 aromatic heterocycles. The molecule has 1 aromatic rings. The van der Waals surface area contributed by atoms with E-state index in [-0.39, 0.29) is 30.8 Å². The Morgan fingerprint density at radius 2 is 2.11 bits per heavy atom. The van der Waals surface area contributed by atoms with E-state index in [2.05, 4.69) is 12.2 Å². The lowest BCUT2D eigenvalue weighted by Crippen LogP contribution is -2.28. The molecule has 0 fully saturated rings. The van der Waals surface area contributed by atoms with Gasteiger partial charge >= 0.3 is 0 Å². The Labute approximate surface area is 114 Å². The van der Waals surface area contributed by atoms with Crippen molar-refractivity contribution in [1.29, 1.82) is 0 Å². The van der Waals surface area contributed by atoms with Gasteiger partial charge in [0.25, 0.3) is 0 Å². The van der Waals surface area contributed by atoms with Crippen LogP contribution in [-0.4, -0.2) is 25.7 Å². The minimum absolute atomic E-state index is 0. The third-order valence-corrected chi connectivity index (χ3v) is 2.68. The molecule has 18 heavy (non-hydrogen) atoms. The molecular formula is C13H21ClN2O2. The lowest BCUT2D eigenvalue weighted by Gasteiger charge is -2.14. The molecule has 0 saturated heterocycles. The quantitative estimate of drug-likeness (QED) is 0.832. The SMILES string of the molecule is CCc1ccccc1NC(=O)CC(CN)OC.Cl. The zero-order valence-electron chi connectivity index (χ0n) is 10.8. The number of carbonyl (C=O) groups is 1. The zero-order valence-corrected chi connectivity index (χ0v) is 11.6. The highest BCUT2D eigenvalue weighted by Gasteiger charge is 2.12. The summed E-state index contributed by atoms with van der Waals surface area (Å²) >= 11 is 0. The number of ether oxygens (including phenoxy) is 1. The zero-order chi connectivity index (χ0) is 12.7. The summed E-state index contributed by atoms with van der Waals surface area (Å²) in [7, 11) is 1.56. The van der Waals surface area contributed by atoms with Crippen LogP contribution in [0.1, 0.15) is 18.9 Å². The molecule has 1 atom stereocenters. The Balaban J connectivity index is 0.00000289. The van der Waals surface area contributed by atoms with Crippen molar-refractivity contribution in [3.8, 4) is 0 Å². The fraction of sp³-hybridized carbons (Fsp3) is 0.462. The summed E-state index contributed by atoms with van der Waals surface area (Å²) in [4.78, 5) is 11.8. The molecule has 1 aromatic carbocycles. The van der Waals surface area contributed by atoms with E-state index >= 15 is 0 Å². The number of hydrogen-bond donors (Lipinski definition) is 2. The van der Waals surface area contributed by atoms with Gasteiger partial charge in [-0.2, -0.15) is 0 Å². The Bertz CT molecular complexity index is 368. The van der Waals surface area contributed by atoms with E-state index < -0.39 is 0 Å². The highest BCUT2D eigenvalue weighted by atomic mass is 35.5. The number of para-hydroxylation sites is 1. The second kappa shape index (κ2) is 8.91. The van der Waals surface area contributed by atoms with E-state index in [1.165, 1.54) is 0 Å². The number of hydrogen-bond acceptors (Lipinski definition) is 3. The van der Waals surface area contributed by atoms with Gasteiger partial charge in [0.2, 0.25) is 5.91 Å². The van der Waals surface area contributed by atoms with Crippen LogP contribution in [-0.2, 0) is 16.0 Å². The minimum atomic E-state index is -0.219. The number of aryl methyl sites for hydroxylation is 1. The Hall–Kier alpha value is -1.10. The van der Waals surface area contributed by atoms with Gasteiger partial charge in [-0.25, -0.2) is 0 Å². The third-order valence-electron chi connectivity index (χ3n) is 2.68. The summed E-state index contributed by atoms with van der Waals surface area (Å²) in [6, 6.07) is 7.78. The highest BCUT2D eigenvalue weighted by Crippen LogP contribution is 2.15. The van der Waals surface area contributed by atoms with Crippen LogP contribution < -0.4 is 11.1 Å². The molecule has 0 aliphatic rings. The first-order valence-corrected chi connectivity index (χ1v) is 5.81. The molecular weight excluding hydrogens is 252 g/mol. The molecule has 1 unspecified atom stereocenters. The average Bonchev–Trinajstić information content (AvgIpc) is 2.36. The van der Waals surface area contributed by atoms with Crippen molar-refractivity contribution >= 4 is 24.0 Å². The van der Waals surface area contributed by atoms with Crippen LogP contribution in [0, 0.1) is 0 Å². The third kappa shape index (κ3) is 5.04. The predicted molar refractivity (Wildman–Crippen MR) is 76.2 cm³/mol. The Kier molecular flexibility index (Phi) is 8.37. The normalized spacial score (nSPS) is 11.5. The molecule has 0 heterocycles. The number of benzene rings is 1. The van der Waals surface area contributed by atoms with Gasteiger partial charge in [-0.15, -0.1) is 12.4 Å². The van der Waals surface area contributed by atoms with Gasteiger partial charge in [-0.1, -0.05) is 25.1 Å². The van der Waals surface area contributed by atoms with E-state index in [1.54, 1.807) is 7.11 Å². The number of amides is 1. The summed E-state index contributed by atoms with van der Waals surface area (Å²) in [6.45, 7) is 2.40. The van der Waals surface area contributed by atoms with Crippen molar-refractivity contribution in [1.82, 2.24) is 0 Å². The second-order valence-electron chi connectivity index (χ2n) is 3.86. The fourth-order valence-electron chi connectivity index (χ4n) is 1.62. The van der Waals surface area contributed by atoms with Gasteiger partial charge in [0.15, 0.2) is 0 Å². The van der Waals surface area contributed by atoms with Crippen molar-refractivity contribution in [2.75, 3.05) is 19.0 Å². The van der Waals surface area contributed by atoms with Gasteiger partial charge in [0, 0.05) is 19.3 Å². The molecule has 4 nitrogen and oxygen atoms in total. The van der Waals surface area contributed by atoms with Crippen molar-refractivity contribution in [2.24, 2.45) is 5.73 Å². The lowest BCUT2D eigenvalue weighted by molar-refractivity contribution is -0.118. The molecule has 0 aliphatic heterocycles.